The lowest BCUT2D eigenvalue weighted by atomic mass is 10.1. The number of benzene rings is 2. The largest absolute Gasteiger partial charge is 0.497 e. The van der Waals surface area contributed by atoms with Gasteiger partial charge in [-0.3, -0.25) is 13.9 Å². The van der Waals surface area contributed by atoms with Crippen LogP contribution in [0.5, 0.6) is 5.75 Å². The van der Waals surface area contributed by atoms with Gasteiger partial charge in [0.15, 0.2) is 0 Å². The average molecular weight is 552 g/mol. The van der Waals surface area contributed by atoms with Crippen LogP contribution in [0.4, 0.5) is 5.69 Å². The van der Waals surface area contributed by atoms with Crippen LogP contribution in [0.1, 0.15) is 51.2 Å². The topological polar surface area (TPSA) is 96.0 Å². The van der Waals surface area contributed by atoms with Crippen molar-refractivity contribution < 1.29 is 22.7 Å². The molecule has 1 N–H and O–H groups in total. The minimum atomic E-state index is -3.61. The Kier molecular flexibility index (Phi) is 11.3. The Morgan fingerprint density at radius 1 is 1.14 bits per heavy atom. The van der Waals surface area contributed by atoms with Crippen molar-refractivity contribution in [3.05, 3.63) is 58.6 Å². The van der Waals surface area contributed by atoms with Gasteiger partial charge in [-0.1, -0.05) is 36.7 Å². The maximum atomic E-state index is 13.5. The fourth-order valence-corrected chi connectivity index (χ4v) is 5.30. The van der Waals surface area contributed by atoms with Gasteiger partial charge in [0.2, 0.25) is 21.8 Å². The Hall–Kier alpha value is -2.78. The van der Waals surface area contributed by atoms with Crippen LogP contribution in [-0.2, 0) is 26.2 Å². The van der Waals surface area contributed by atoms with Crippen molar-refractivity contribution >= 4 is 39.1 Å². The van der Waals surface area contributed by atoms with E-state index in [1.165, 1.54) is 4.31 Å². The summed E-state index contributed by atoms with van der Waals surface area (Å²) in [4.78, 5) is 28.1. The number of carbonyl (C=O) groups excluding carboxylic acids is 2. The third-order valence-corrected chi connectivity index (χ3v) is 7.55. The van der Waals surface area contributed by atoms with Crippen molar-refractivity contribution in [2.75, 3.05) is 24.2 Å². The second-order valence-corrected chi connectivity index (χ2v) is 11.6. The number of ether oxygens (including phenoxy) is 1. The van der Waals surface area contributed by atoms with Crippen LogP contribution >= 0.6 is 11.6 Å². The molecule has 0 fully saturated rings. The van der Waals surface area contributed by atoms with E-state index in [1.807, 2.05) is 45.0 Å². The van der Waals surface area contributed by atoms with Crippen LogP contribution in [0.25, 0.3) is 0 Å². The highest BCUT2D eigenvalue weighted by Gasteiger charge is 2.29. The number of nitrogens with zero attached hydrogens (tertiary/aromatic N) is 2. The van der Waals surface area contributed by atoms with Crippen LogP contribution in [-0.4, -0.2) is 57.1 Å². The highest BCUT2D eigenvalue weighted by atomic mass is 35.5. The van der Waals surface area contributed by atoms with E-state index in [-0.39, 0.29) is 43.8 Å². The molecule has 0 spiro atoms. The third kappa shape index (κ3) is 8.64. The van der Waals surface area contributed by atoms with Crippen molar-refractivity contribution in [3.8, 4) is 5.75 Å². The zero-order chi connectivity index (χ0) is 27.8. The molecule has 0 radical (unpaired) electrons. The maximum absolute atomic E-state index is 13.5. The molecule has 0 heterocycles. The summed E-state index contributed by atoms with van der Waals surface area (Å²) in [7, 11) is -2.04. The highest BCUT2D eigenvalue weighted by molar-refractivity contribution is 7.92. The maximum Gasteiger partial charge on any atom is 0.243 e. The number of methoxy groups -OCH3 is 1. The van der Waals surface area contributed by atoms with Gasteiger partial charge in [-0.05, 0) is 69.0 Å². The number of halogens is 1. The molecule has 0 saturated carbocycles. The van der Waals surface area contributed by atoms with Gasteiger partial charge in [0, 0.05) is 30.6 Å². The summed E-state index contributed by atoms with van der Waals surface area (Å²) in [6.45, 7) is 7.70. The van der Waals surface area contributed by atoms with Crippen LogP contribution < -0.4 is 14.4 Å². The number of anilines is 1. The van der Waals surface area contributed by atoms with Gasteiger partial charge >= 0.3 is 0 Å². The van der Waals surface area contributed by atoms with Gasteiger partial charge in [-0.15, -0.1) is 0 Å². The first-order chi connectivity index (χ1) is 17.4. The molecule has 1 unspecified atom stereocenters. The minimum absolute atomic E-state index is 0.0698. The molecule has 2 rings (SSSR count). The molecule has 0 bridgehead atoms. The molecule has 2 aromatic rings. The van der Waals surface area contributed by atoms with Gasteiger partial charge in [0.05, 0.1) is 19.1 Å². The van der Waals surface area contributed by atoms with Gasteiger partial charge < -0.3 is 15.0 Å². The highest BCUT2D eigenvalue weighted by Crippen LogP contribution is 2.28. The first-order valence-electron chi connectivity index (χ1n) is 12.3. The van der Waals surface area contributed by atoms with Gasteiger partial charge in [-0.25, -0.2) is 8.42 Å². The van der Waals surface area contributed by atoms with Crippen LogP contribution in [0.3, 0.4) is 0 Å². The van der Waals surface area contributed by atoms with E-state index in [2.05, 4.69) is 5.32 Å². The molecular weight excluding hydrogens is 514 g/mol. The number of hydrogen-bond donors (Lipinski definition) is 1. The molecule has 37 heavy (non-hydrogen) atoms. The molecule has 2 amide bonds. The second kappa shape index (κ2) is 13.7. The molecular formula is C27H38ClN3O5S. The number of amides is 2. The lowest BCUT2D eigenvalue weighted by Gasteiger charge is -2.32. The first-order valence-corrected chi connectivity index (χ1v) is 14.6. The standard InChI is InChI=1S/C27H38ClN3O5S/c1-7-24(27(33)29-19(2)3)30(18-21-11-8-12-22(17-21)36-5)26(32)15-10-16-31(37(6,34)35)25-14-9-13-23(28)20(25)4/h8-9,11-14,17,19,24H,7,10,15-16,18H2,1-6H3,(H,29,33). The Balaban J connectivity index is 2.27. The monoisotopic (exact) mass is 551 g/mol. The lowest BCUT2D eigenvalue weighted by Crippen LogP contribution is -2.50. The summed E-state index contributed by atoms with van der Waals surface area (Å²) in [5, 5.41) is 3.37. The SMILES string of the molecule is CCC(C(=O)NC(C)C)N(Cc1cccc(OC)c1)C(=O)CCCN(c1cccc(Cl)c1C)S(C)(=O)=O. The predicted octanol–water partition coefficient (Wildman–Crippen LogP) is 4.54. The van der Waals surface area contributed by atoms with Crippen molar-refractivity contribution in [2.45, 2.75) is 65.6 Å². The Morgan fingerprint density at radius 2 is 1.81 bits per heavy atom. The van der Waals surface area contributed by atoms with E-state index in [4.69, 9.17) is 16.3 Å². The van der Waals surface area contributed by atoms with E-state index in [1.54, 1.807) is 37.1 Å². The predicted molar refractivity (Wildman–Crippen MR) is 149 cm³/mol. The first kappa shape index (κ1) is 30.4. The van der Waals surface area contributed by atoms with Crippen molar-refractivity contribution in [2.24, 2.45) is 0 Å². The summed E-state index contributed by atoms with van der Waals surface area (Å²) in [6, 6.07) is 11.7. The summed E-state index contributed by atoms with van der Waals surface area (Å²) < 4.78 is 31.7. The number of rotatable bonds is 13. The summed E-state index contributed by atoms with van der Waals surface area (Å²) in [6.07, 6.45) is 1.91. The van der Waals surface area contributed by atoms with Crippen molar-refractivity contribution in [1.29, 1.82) is 0 Å². The van der Waals surface area contributed by atoms with E-state index >= 15 is 0 Å². The Labute approximate surface area is 226 Å². The van der Waals surface area contributed by atoms with E-state index < -0.39 is 16.1 Å². The second-order valence-electron chi connectivity index (χ2n) is 9.28. The lowest BCUT2D eigenvalue weighted by molar-refractivity contribution is -0.141. The number of carbonyl (C=O) groups is 2. The van der Waals surface area contributed by atoms with Crippen LogP contribution in [0.15, 0.2) is 42.5 Å². The molecule has 0 aliphatic carbocycles. The van der Waals surface area contributed by atoms with Crippen LogP contribution in [0.2, 0.25) is 5.02 Å². The molecule has 0 aromatic heterocycles. The van der Waals surface area contributed by atoms with Crippen molar-refractivity contribution in [1.82, 2.24) is 10.2 Å². The normalized spacial score (nSPS) is 12.2. The van der Waals surface area contributed by atoms with Crippen molar-refractivity contribution in [3.63, 3.8) is 0 Å². The van der Waals surface area contributed by atoms with Crippen LogP contribution in [0, 0.1) is 6.92 Å². The quantitative estimate of drug-likeness (QED) is 0.394. The summed E-state index contributed by atoms with van der Waals surface area (Å²) >= 11 is 6.22. The van der Waals surface area contributed by atoms with E-state index in [0.29, 0.717) is 28.4 Å². The zero-order valence-corrected chi connectivity index (χ0v) is 24.0. The number of sulfonamides is 1. The minimum Gasteiger partial charge on any atom is -0.497 e. The smallest absolute Gasteiger partial charge is 0.243 e. The third-order valence-electron chi connectivity index (χ3n) is 5.96. The molecule has 8 nitrogen and oxygen atoms in total. The van der Waals surface area contributed by atoms with E-state index in [9.17, 15) is 18.0 Å². The fourth-order valence-electron chi connectivity index (χ4n) is 4.12. The molecule has 0 aliphatic heterocycles. The molecule has 0 saturated heterocycles. The zero-order valence-electron chi connectivity index (χ0n) is 22.5. The Morgan fingerprint density at radius 3 is 2.41 bits per heavy atom. The molecule has 2 aromatic carbocycles. The Bertz CT molecular complexity index is 1190. The van der Waals surface area contributed by atoms with Gasteiger partial charge in [0.25, 0.3) is 0 Å². The van der Waals surface area contributed by atoms with E-state index in [0.717, 1.165) is 11.8 Å². The molecule has 1 atom stereocenters. The molecule has 0 aliphatic rings. The number of nitrogens with one attached hydrogen (secondary N) is 1. The average Bonchev–Trinajstić information content (AvgIpc) is 2.82. The molecule has 204 valence electrons. The molecule has 10 heteroatoms. The fraction of sp³-hybridized carbons (Fsp3) is 0.481. The summed E-state index contributed by atoms with van der Waals surface area (Å²) in [5.41, 5.74) is 1.96. The van der Waals surface area contributed by atoms with Gasteiger partial charge in [0.1, 0.15) is 11.8 Å². The number of hydrogen-bond acceptors (Lipinski definition) is 5. The van der Waals surface area contributed by atoms with Gasteiger partial charge in [-0.2, -0.15) is 0 Å². The summed E-state index contributed by atoms with van der Waals surface area (Å²) in [5.74, 6) is 0.205.